The van der Waals surface area contributed by atoms with Crippen LogP contribution in [-0.2, 0) is 23.0 Å². The molecule has 0 fully saturated rings. The smallest absolute Gasteiger partial charge is 0.304 e. The second-order valence-electron chi connectivity index (χ2n) is 12.6. The van der Waals surface area contributed by atoms with Crippen molar-refractivity contribution in [3.63, 3.8) is 0 Å². The molecule has 4 heterocycles. The Labute approximate surface area is 321 Å². The SMILES string of the molecule is O=S(=O)(O)c1cc2c(s1)Cc1c(C(O)CCCCCC(O)c3nn(-c4ccc(Cl)cc4Cl)c4c3Cc3sccc3-4)nn(-c3ccc(Cl)cc3Cl)c1-2. The molecule has 264 valence electrons. The number of aliphatic hydroxyl groups excluding tert-OH is 2. The first-order valence-corrected chi connectivity index (χ1v) is 20.7. The van der Waals surface area contributed by atoms with Crippen molar-refractivity contribution in [3.05, 3.63) is 106 Å². The van der Waals surface area contributed by atoms with E-state index in [1.807, 2.05) is 10.7 Å². The zero-order valence-electron chi connectivity index (χ0n) is 26.5. The standard InChI is InChI=1S/C35H28Cl4N4O5S3/c36-17-6-8-25(23(38)12-17)42-34-19-10-11-49-29(19)14-21(34)32(40-42)27(44)4-2-1-3-5-28(45)33-22-15-30-20(16-31(50-30)51(46,47)48)35(22)43(41-33)26-9-7-18(37)13-24(26)39/h6-13,16,27-28,44-45H,1-5,14-15H2,(H,46,47,48). The number of hydrogen-bond donors (Lipinski definition) is 3. The fourth-order valence-corrected chi connectivity index (χ4v) is 10.8. The van der Waals surface area contributed by atoms with Gasteiger partial charge in [-0.05, 0) is 66.8 Å². The second-order valence-corrected chi connectivity index (χ2v) is 18.1. The van der Waals surface area contributed by atoms with E-state index in [-0.39, 0.29) is 4.21 Å². The van der Waals surface area contributed by atoms with Gasteiger partial charge in [0.15, 0.2) is 0 Å². The summed E-state index contributed by atoms with van der Waals surface area (Å²) in [6.45, 7) is 0. The van der Waals surface area contributed by atoms with E-state index in [9.17, 15) is 23.2 Å². The normalized spacial score (nSPS) is 14.4. The predicted molar refractivity (Wildman–Crippen MR) is 202 cm³/mol. The van der Waals surface area contributed by atoms with E-state index >= 15 is 0 Å². The summed E-state index contributed by atoms with van der Waals surface area (Å²) in [5, 5.41) is 36.3. The number of nitrogens with zero attached hydrogens (tertiary/aromatic N) is 4. The fraction of sp³-hybridized carbons (Fsp3) is 0.257. The molecule has 4 aromatic heterocycles. The molecule has 2 aromatic carbocycles. The summed E-state index contributed by atoms with van der Waals surface area (Å²) in [5.74, 6) is 0. The van der Waals surface area contributed by atoms with Gasteiger partial charge in [0.1, 0.15) is 4.21 Å². The minimum absolute atomic E-state index is 0.154. The molecule has 0 radical (unpaired) electrons. The summed E-state index contributed by atoms with van der Waals surface area (Å²) in [5.41, 5.74) is 7.44. The molecule has 2 aliphatic carbocycles. The molecule has 6 aromatic rings. The number of aliphatic hydroxyl groups is 2. The number of aromatic nitrogens is 4. The van der Waals surface area contributed by atoms with Gasteiger partial charge in [0.25, 0.3) is 0 Å². The highest BCUT2D eigenvalue weighted by Crippen LogP contribution is 2.48. The third kappa shape index (κ3) is 6.37. The zero-order chi connectivity index (χ0) is 35.8. The van der Waals surface area contributed by atoms with Crippen molar-refractivity contribution in [2.75, 3.05) is 0 Å². The van der Waals surface area contributed by atoms with Gasteiger partial charge in [-0.1, -0.05) is 65.7 Å². The van der Waals surface area contributed by atoms with Crippen molar-refractivity contribution in [1.29, 1.82) is 0 Å². The lowest BCUT2D eigenvalue weighted by Crippen LogP contribution is -2.05. The van der Waals surface area contributed by atoms with Crippen molar-refractivity contribution >= 4 is 79.2 Å². The molecule has 9 nitrogen and oxygen atoms in total. The minimum atomic E-state index is -4.39. The summed E-state index contributed by atoms with van der Waals surface area (Å²) in [4.78, 5) is 1.98. The van der Waals surface area contributed by atoms with Crippen molar-refractivity contribution in [3.8, 4) is 33.9 Å². The van der Waals surface area contributed by atoms with E-state index < -0.39 is 22.3 Å². The van der Waals surface area contributed by atoms with Gasteiger partial charge in [-0.3, -0.25) is 4.55 Å². The van der Waals surface area contributed by atoms with Crippen LogP contribution in [0, 0.1) is 0 Å². The van der Waals surface area contributed by atoms with E-state index in [4.69, 9.17) is 56.6 Å². The number of thiophene rings is 2. The van der Waals surface area contributed by atoms with Crippen molar-refractivity contribution < 1.29 is 23.2 Å². The summed E-state index contributed by atoms with van der Waals surface area (Å²) >= 11 is 28.1. The summed E-state index contributed by atoms with van der Waals surface area (Å²) in [6.07, 6.45) is 2.46. The van der Waals surface area contributed by atoms with Crippen molar-refractivity contribution in [2.45, 2.75) is 61.4 Å². The van der Waals surface area contributed by atoms with E-state index in [0.29, 0.717) is 92.6 Å². The highest BCUT2D eigenvalue weighted by atomic mass is 35.5. The monoisotopic (exact) mass is 820 g/mol. The molecule has 0 saturated heterocycles. The number of hydrogen-bond acceptors (Lipinski definition) is 8. The molecule has 16 heteroatoms. The van der Waals surface area contributed by atoms with E-state index in [1.54, 1.807) is 46.4 Å². The Hall–Kier alpha value is -2.75. The highest BCUT2D eigenvalue weighted by molar-refractivity contribution is 7.88. The van der Waals surface area contributed by atoms with Crippen LogP contribution in [0.3, 0.4) is 0 Å². The Morgan fingerprint density at radius 2 is 1.25 bits per heavy atom. The van der Waals surface area contributed by atoms with Crippen LogP contribution in [0.2, 0.25) is 20.1 Å². The molecule has 2 aliphatic rings. The fourth-order valence-electron chi connectivity index (χ4n) is 7.02. The Morgan fingerprint density at radius 3 is 1.78 bits per heavy atom. The molecule has 0 bridgehead atoms. The van der Waals surface area contributed by atoms with E-state index in [2.05, 4.69) is 11.4 Å². The van der Waals surface area contributed by atoms with Gasteiger partial charge < -0.3 is 10.2 Å². The molecule has 0 amide bonds. The third-order valence-corrected chi connectivity index (χ3v) is 13.8. The molecule has 0 saturated carbocycles. The van der Waals surface area contributed by atoms with Crippen LogP contribution >= 0.6 is 69.1 Å². The maximum atomic E-state index is 11.9. The van der Waals surface area contributed by atoms with Gasteiger partial charge in [0.05, 0.1) is 56.4 Å². The van der Waals surface area contributed by atoms with Crippen molar-refractivity contribution in [1.82, 2.24) is 19.6 Å². The van der Waals surface area contributed by atoms with Gasteiger partial charge in [-0.25, -0.2) is 9.36 Å². The molecular formula is C35H28Cl4N4O5S3. The lowest BCUT2D eigenvalue weighted by Gasteiger charge is -2.12. The van der Waals surface area contributed by atoms with Gasteiger partial charge in [-0.2, -0.15) is 18.6 Å². The van der Waals surface area contributed by atoms with Crippen LogP contribution in [0.5, 0.6) is 0 Å². The largest absolute Gasteiger partial charge is 0.387 e. The summed E-state index contributed by atoms with van der Waals surface area (Å²) in [6, 6.07) is 13.8. The molecule has 0 aliphatic heterocycles. The molecule has 2 unspecified atom stereocenters. The van der Waals surface area contributed by atoms with Crippen molar-refractivity contribution in [2.24, 2.45) is 0 Å². The second kappa shape index (κ2) is 13.6. The zero-order valence-corrected chi connectivity index (χ0v) is 32.0. The van der Waals surface area contributed by atoms with Crippen LogP contribution in [0.25, 0.3) is 33.9 Å². The van der Waals surface area contributed by atoms with E-state index in [1.165, 1.54) is 10.9 Å². The average molecular weight is 823 g/mol. The highest BCUT2D eigenvalue weighted by Gasteiger charge is 2.35. The topological polar surface area (TPSA) is 130 Å². The van der Waals surface area contributed by atoms with Crippen LogP contribution in [0.4, 0.5) is 0 Å². The van der Waals surface area contributed by atoms with Crippen LogP contribution in [-0.4, -0.2) is 42.7 Å². The molecule has 51 heavy (non-hydrogen) atoms. The minimum Gasteiger partial charge on any atom is -0.387 e. The van der Waals surface area contributed by atoms with Gasteiger partial charge >= 0.3 is 10.1 Å². The Kier molecular flexibility index (Phi) is 9.40. The quantitative estimate of drug-likeness (QED) is 0.0875. The third-order valence-electron chi connectivity index (χ3n) is 9.36. The first-order valence-electron chi connectivity index (χ1n) is 16.1. The molecule has 2 atom stereocenters. The van der Waals surface area contributed by atoms with Gasteiger partial charge in [0, 0.05) is 54.9 Å². The van der Waals surface area contributed by atoms with Crippen LogP contribution in [0.15, 0.2) is 58.1 Å². The first kappa shape index (κ1) is 35.3. The maximum absolute atomic E-state index is 11.9. The Morgan fingerprint density at radius 1 is 0.725 bits per heavy atom. The van der Waals surface area contributed by atoms with Gasteiger partial charge in [0.2, 0.25) is 0 Å². The van der Waals surface area contributed by atoms with Crippen LogP contribution in [0.1, 0.15) is 76.6 Å². The van der Waals surface area contributed by atoms with Crippen LogP contribution < -0.4 is 0 Å². The first-order chi connectivity index (χ1) is 24.4. The predicted octanol–water partition coefficient (Wildman–Crippen LogP) is 9.90. The Balaban J connectivity index is 0.977. The number of unbranched alkanes of at least 4 members (excludes halogenated alkanes) is 2. The van der Waals surface area contributed by atoms with E-state index in [0.717, 1.165) is 45.0 Å². The van der Waals surface area contributed by atoms with Gasteiger partial charge in [-0.15, -0.1) is 22.7 Å². The average Bonchev–Trinajstić information content (AvgIpc) is 3.89. The number of benzene rings is 2. The molecule has 0 spiro atoms. The maximum Gasteiger partial charge on any atom is 0.304 e. The lowest BCUT2D eigenvalue weighted by atomic mass is 10.0. The number of rotatable bonds is 11. The molecule has 8 rings (SSSR count). The molecule has 3 N–H and O–H groups in total. The number of halogens is 4. The Bertz CT molecular complexity index is 2450. The summed E-state index contributed by atoms with van der Waals surface area (Å²) in [7, 11) is -4.39. The lowest BCUT2D eigenvalue weighted by molar-refractivity contribution is 0.148. The molecular weight excluding hydrogens is 794 g/mol. The number of fused-ring (bicyclic) bond motifs is 6. The summed E-state index contributed by atoms with van der Waals surface area (Å²) < 4.78 is 36.8.